The van der Waals surface area contributed by atoms with Crippen LogP contribution in [0.1, 0.15) is 11.4 Å². The predicted molar refractivity (Wildman–Crippen MR) is 84.1 cm³/mol. The number of para-hydroxylation sites is 2. The molecule has 0 aliphatic heterocycles. The number of hydrogen-bond acceptors (Lipinski definition) is 3. The van der Waals surface area contributed by atoms with Crippen molar-refractivity contribution in [3.05, 3.63) is 68.3 Å². The Balaban J connectivity index is 2.22. The van der Waals surface area contributed by atoms with Crippen molar-refractivity contribution in [2.45, 2.75) is 13.5 Å². The summed E-state index contributed by atoms with van der Waals surface area (Å²) in [5.74, 6) is 0. The van der Waals surface area contributed by atoms with E-state index in [-0.39, 0.29) is 12.1 Å². The third-order valence-electron chi connectivity index (χ3n) is 3.21. The first-order chi connectivity index (χ1) is 10.1. The van der Waals surface area contributed by atoms with Gasteiger partial charge in [-0.3, -0.25) is 9.36 Å². The lowest BCUT2D eigenvalue weighted by atomic mass is 10.2. The van der Waals surface area contributed by atoms with E-state index in [1.54, 1.807) is 23.6 Å². The molecule has 6 heteroatoms. The monoisotopic (exact) mass is 319 g/mol. The fourth-order valence-corrected chi connectivity index (χ4v) is 2.53. The average Bonchev–Trinajstić information content (AvgIpc) is 2.47. The number of benzene rings is 1. The van der Waals surface area contributed by atoms with Crippen molar-refractivity contribution in [1.29, 1.82) is 0 Å². The summed E-state index contributed by atoms with van der Waals surface area (Å²) >= 11 is 12.0. The van der Waals surface area contributed by atoms with Gasteiger partial charge in [-0.05, 0) is 31.2 Å². The van der Waals surface area contributed by atoms with Crippen molar-refractivity contribution in [2.75, 3.05) is 0 Å². The van der Waals surface area contributed by atoms with Crippen LogP contribution in [-0.2, 0) is 6.54 Å². The molecular formula is C15H11Cl2N3O. The van der Waals surface area contributed by atoms with Crippen molar-refractivity contribution >= 4 is 34.2 Å². The Hall–Kier alpha value is -1.91. The van der Waals surface area contributed by atoms with E-state index < -0.39 is 0 Å². The van der Waals surface area contributed by atoms with E-state index in [4.69, 9.17) is 23.2 Å². The summed E-state index contributed by atoms with van der Waals surface area (Å²) in [5.41, 5.74) is 2.33. The van der Waals surface area contributed by atoms with Gasteiger partial charge in [0.25, 0.3) is 5.56 Å². The standard InChI is InChI=1S/C15H11Cl2N3O/c1-9-15(21)20(13-5-3-2-4-11(13)18-9)8-12-10(16)6-7-14(17)19-12/h2-7H,8H2,1H3. The molecule has 0 fully saturated rings. The fourth-order valence-electron chi connectivity index (χ4n) is 2.20. The summed E-state index contributed by atoms with van der Waals surface area (Å²) in [7, 11) is 0. The first kappa shape index (κ1) is 14.0. The highest BCUT2D eigenvalue weighted by Gasteiger charge is 2.11. The molecule has 0 saturated heterocycles. The number of fused-ring (bicyclic) bond motifs is 1. The van der Waals surface area contributed by atoms with Gasteiger partial charge < -0.3 is 0 Å². The van der Waals surface area contributed by atoms with Gasteiger partial charge in [0, 0.05) is 0 Å². The van der Waals surface area contributed by atoms with Crippen LogP contribution in [0.4, 0.5) is 0 Å². The molecule has 4 nitrogen and oxygen atoms in total. The Morgan fingerprint density at radius 3 is 2.67 bits per heavy atom. The molecule has 0 aliphatic carbocycles. The number of aromatic nitrogens is 3. The molecule has 2 heterocycles. The second kappa shape index (κ2) is 5.47. The maximum Gasteiger partial charge on any atom is 0.272 e. The molecule has 0 aliphatic rings. The van der Waals surface area contributed by atoms with Crippen LogP contribution in [0.2, 0.25) is 10.2 Å². The van der Waals surface area contributed by atoms with Gasteiger partial charge >= 0.3 is 0 Å². The van der Waals surface area contributed by atoms with Gasteiger partial charge in [0.2, 0.25) is 0 Å². The molecule has 0 spiro atoms. The summed E-state index contributed by atoms with van der Waals surface area (Å²) in [6.45, 7) is 1.94. The van der Waals surface area contributed by atoms with Crippen LogP contribution >= 0.6 is 23.2 Å². The highest BCUT2D eigenvalue weighted by Crippen LogP contribution is 2.19. The zero-order valence-electron chi connectivity index (χ0n) is 11.2. The van der Waals surface area contributed by atoms with Gasteiger partial charge in [-0.15, -0.1) is 0 Å². The summed E-state index contributed by atoms with van der Waals surface area (Å²) in [5, 5.41) is 0.822. The molecule has 0 bridgehead atoms. The Labute approximate surface area is 131 Å². The van der Waals surface area contributed by atoms with Crippen molar-refractivity contribution in [2.24, 2.45) is 0 Å². The molecular weight excluding hydrogens is 309 g/mol. The van der Waals surface area contributed by atoms with Crippen molar-refractivity contribution < 1.29 is 0 Å². The van der Waals surface area contributed by atoms with Gasteiger partial charge in [-0.1, -0.05) is 35.3 Å². The van der Waals surface area contributed by atoms with Gasteiger partial charge in [0.05, 0.1) is 28.3 Å². The highest BCUT2D eigenvalue weighted by atomic mass is 35.5. The van der Waals surface area contributed by atoms with Crippen LogP contribution in [0.25, 0.3) is 11.0 Å². The molecule has 1 aromatic carbocycles. The van der Waals surface area contributed by atoms with Crippen LogP contribution in [0.5, 0.6) is 0 Å². The van der Waals surface area contributed by atoms with Crippen LogP contribution in [0, 0.1) is 6.92 Å². The largest absolute Gasteiger partial charge is 0.299 e. The highest BCUT2D eigenvalue weighted by molar-refractivity contribution is 6.32. The zero-order chi connectivity index (χ0) is 15.0. The van der Waals surface area contributed by atoms with Gasteiger partial charge in [0.1, 0.15) is 10.8 Å². The van der Waals surface area contributed by atoms with E-state index in [9.17, 15) is 4.79 Å². The Morgan fingerprint density at radius 2 is 1.86 bits per heavy atom. The Bertz CT molecular complexity index is 890. The van der Waals surface area contributed by atoms with Crippen LogP contribution in [0.15, 0.2) is 41.2 Å². The van der Waals surface area contributed by atoms with E-state index in [2.05, 4.69) is 9.97 Å². The second-order valence-electron chi connectivity index (χ2n) is 4.64. The summed E-state index contributed by atoms with van der Waals surface area (Å²) in [6.07, 6.45) is 0. The maximum absolute atomic E-state index is 12.4. The lowest BCUT2D eigenvalue weighted by Gasteiger charge is -2.11. The number of halogens is 2. The molecule has 2 aromatic heterocycles. The minimum absolute atomic E-state index is 0.161. The molecule has 0 atom stereocenters. The van der Waals surface area contributed by atoms with Gasteiger partial charge in [-0.25, -0.2) is 9.97 Å². The van der Waals surface area contributed by atoms with E-state index in [1.807, 2.05) is 24.3 Å². The number of hydrogen-bond donors (Lipinski definition) is 0. The molecule has 21 heavy (non-hydrogen) atoms. The number of rotatable bonds is 2. The second-order valence-corrected chi connectivity index (χ2v) is 5.43. The lowest BCUT2D eigenvalue weighted by Crippen LogP contribution is -2.25. The zero-order valence-corrected chi connectivity index (χ0v) is 12.7. The van der Waals surface area contributed by atoms with Crippen LogP contribution in [0.3, 0.4) is 0 Å². The topological polar surface area (TPSA) is 47.8 Å². The minimum atomic E-state index is -0.161. The Kier molecular flexibility index (Phi) is 3.66. The van der Waals surface area contributed by atoms with Crippen molar-refractivity contribution in [3.63, 3.8) is 0 Å². The molecule has 3 rings (SSSR count). The minimum Gasteiger partial charge on any atom is -0.299 e. The third kappa shape index (κ3) is 2.64. The molecule has 0 radical (unpaired) electrons. The third-order valence-corrected chi connectivity index (χ3v) is 3.76. The summed E-state index contributed by atoms with van der Waals surface area (Å²) < 4.78 is 1.61. The van der Waals surface area contributed by atoms with Crippen LogP contribution in [-0.4, -0.2) is 14.5 Å². The predicted octanol–water partition coefficient (Wildman–Crippen LogP) is 3.46. The quantitative estimate of drug-likeness (QED) is 0.680. The molecule has 0 N–H and O–H groups in total. The number of pyridine rings is 1. The van der Waals surface area contributed by atoms with Gasteiger partial charge in [0.15, 0.2) is 0 Å². The van der Waals surface area contributed by atoms with Crippen molar-refractivity contribution in [1.82, 2.24) is 14.5 Å². The maximum atomic E-state index is 12.4. The first-order valence-electron chi connectivity index (χ1n) is 6.33. The lowest BCUT2D eigenvalue weighted by molar-refractivity contribution is 0.756. The van der Waals surface area contributed by atoms with E-state index in [0.717, 1.165) is 11.0 Å². The molecule has 106 valence electrons. The van der Waals surface area contributed by atoms with Crippen molar-refractivity contribution in [3.8, 4) is 0 Å². The molecule has 3 aromatic rings. The van der Waals surface area contributed by atoms with E-state index >= 15 is 0 Å². The summed E-state index contributed by atoms with van der Waals surface area (Å²) in [6, 6.07) is 10.8. The fraction of sp³-hybridized carbons (Fsp3) is 0.133. The van der Waals surface area contributed by atoms with Crippen LogP contribution < -0.4 is 5.56 Å². The van der Waals surface area contributed by atoms with E-state index in [0.29, 0.717) is 21.6 Å². The number of nitrogens with zero attached hydrogens (tertiary/aromatic N) is 3. The first-order valence-corrected chi connectivity index (χ1v) is 7.09. The SMILES string of the molecule is Cc1nc2ccccc2n(Cc2nc(Cl)ccc2Cl)c1=O. The molecule has 0 amide bonds. The Morgan fingerprint density at radius 1 is 1.10 bits per heavy atom. The van der Waals surface area contributed by atoms with E-state index in [1.165, 1.54) is 0 Å². The summed E-state index contributed by atoms with van der Waals surface area (Å²) in [4.78, 5) is 20.9. The average molecular weight is 320 g/mol. The number of aryl methyl sites for hydroxylation is 1. The molecule has 0 saturated carbocycles. The van der Waals surface area contributed by atoms with Gasteiger partial charge in [-0.2, -0.15) is 0 Å². The smallest absolute Gasteiger partial charge is 0.272 e. The normalized spacial score (nSPS) is 11.0. The molecule has 0 unspecified atom stereocenters.